The molecule has 1 amide bonds. The van der Waals surface area contributed by atoms with Gasteiger partial charge in [0.15, 0.2) is 0 Å². The molecule has 1 aromatic heterocycles. The van der Waals surface area contributed by atoms with Crippen LogP contribution in [0.5, 0.6) is 0 Å². The van der Waals surface area contributed by atoms with Crippen molar-refractivity contribution in [2.45, 2.75) is 18.8 Å². The SMILES string of the molecule is CN(CCc1ccc(Cl)cc1)C(=O)C1CC1c1ncn[nH]1. The van der Waals surface area contributed by atoms with Crippen LogP contribution in [0.15, 0.2) is 30.6 Å². The largest absolute Gasteiger partial charge is 0.345 e. The van der Waals surface area contributed by atoms with Gasteiger partial charge < -0.3 is 4.90 Å². The first kappa shape index (κ1) is 14.1. The maximum absolute atomic E-state index is 12.3. The van der Waals surface area contributed by atoms with E-state index in [1.54, 1.807) is 4.90 Å². The molecule has 1 aliphatic carbocycles. The Kier molecular flexibility index (Phi) is 3.92. The van der Waals surface area contributed by atoms with Crippen LogP contribution in [0.2, 0.25) is 5.02 Å². The van der Waals surface area contributed by atoms with Crippen molar-refractivity contribution in [3.63, 3.8) is 0 Å². The van der Waals surface area contributed by atoms with E-state index in [-0.39, 0.29) is 17.7 Å². The number of aromatic amines is 1. The van der Waals surface area contributed by atoms with E-state index in [0.29, 0.717) is 6.54 Å². The van der Waals surface area contributed by atoms with Crippen LogP contribution in [0, 0.1) is 5.92 Å². The molecule has 2 aromatic rings. The van der Waals surface area contributed by atoms with Crippen LogP contribution in [0.3, 0.4) is 0 Å². The van der Waals surface area contributed by atoms with E-state index in [1.165, 1.54) is 11.9 Å². The first-order chi connectivity index (χ1) is 10.1. The highest BCUT2D eigenvalue weighted by molar-refractivity contribution is 6.30. The lowest BCUT2D eigenvalue weighted by Gasteiger charge is -2.17. The zero-order valence-corrected chi connectivity index (χ0v) is 12.5. The van der Waals surface area contributed by atoms with E-state index in [0.717, 1.165) is 23.7 Å². The molecule has 0 saturated heterocycles. The summed E-state index contributed by atoms with van der Waals surface area (Å²) in [6.45, 7) is 0.708. The Morgan fingerprint density at radius 3 is 2.86 bits per heavy atom. The summed E-state index contributed by atoms with van der Waals surface area (Å²) in [6, 6.07) is 7.74. The molecule has 2 atom stereocenters. The van der Waals surface area contributed by atoms with Crippen molar-refractivity contribution < 1.29 is 4.79 Å². The molecule has 0 spiro atoms. The molecule has 110 valence electrons. The molecule has 2 unspecified atom stereocenters. The quantitative estimate of drug-likeness (QED) is 0.921. The second kappa shape index (κ2) is 5.85. The standard InChI is InChI=1S/C15H17ClN4O/c1-20(7-6-10-2-4-11(16)5-3-10)15(21)13-8-12(13)14-17-9-18-19-14/h2-5,9,12-13H,6-8H2,1H3,(H,17,18,19). The van der Waals surface area contributed by atoms with E-state index in [1.807, 2.05) is 31.3 Å². The Hall–Kier alpha value is -1.88. The minimum absolute atomic E-state index is 0.0492. The summed E-state index contributed by atoms with van der Waals surface area (Å²) in [6.07, 6.45) is 3.18. The number of H-pyrrole nitrogens is 1. The van der Waals surface area contributed by atoms with Gasteiger partial charge in [-0.2, -0.15) is 5.10 Å². The maximum atomic E-state index is 12.3. The number of hydrogen-bond donors (Lipinski definition) is 1. The fraction of sp³-hybridized carbons (Fsp3) is 0.400. The number of benzene rings is 1. The molecule has 1 fully saturated rings. The van der Waals surface area contributed by atoms with Gasteiger partial charge >= 0.3 is 0 Å². The van der Waals surface area contributed by atoms with Crippen molar-refractivity contribution in [3.05, 3.63) is 47.0 Å². The number of nitrogens with zero attached hydrogens (tertiary/aromatic N) is 3. The zero-order valence-electron chi connectivity index (χ0n) is 11.8. The summed E-state index contributed by atoms with van der Waals surface area (Å²) >= 11 is 5.86. The van der Waals surface area contributed by atoms with Gasteiger partial charge in [-0.05, 0) is 30.5 Å². The zero-order chi connectivity index (χ0) is 14.8. The summed E-state index contributed by atoms with van der Waals surface area (Å²) in [5.74, 6) is 1.26. The molecule has 1 aliphatic rings. The molecule has 3 rings (SSSR count). The van der Waals surface area contributed by atoms with E-state index < -0.39 is 0 Å². The van der Waals surface area contributed by atoms with Crippen LogP contribution in [-0.2, 0) is 11.2 Å². The molecule has 1 saturated carbocycles. The summed E-state index contributed by atoms with van der Waals surface area (Å²) in [7, 11) is 1.86. The van der Waals surface area contributed by atoms with Gasteiger partial charge in [-0.3, -0.25) is 9.89 Å². The number of amides is 1. The fourth-order valence-corrected chi connectivity index (χ4v) is 2.63. The first-order valence-electron chi connectivity index (χ1n) is 7.00. The van der Waals surface area contributed by atoms with Crippen LogP contribution in [0.25, 0.3) is 0 Å². The molecular weight excluding hydrogens is 288 g/mol. The summed E-state index contributed by atoms with van der Waals surface area (Å²) in [4.78, 5) is 18.3. The molecule has 0 radical (unpaired) electrons. The third kappa shape index (κ3) is 3.24. The average Bonchev–Trinajstić information content (AvgIpc) is 3.10. The van der Waals surface area contributed by atoms with Crippen molar-refractivity contribution in [1.29, 1.82) is 0 Å². The number of carbonyl (C=O) groups excluding carboxylic acids is 1. The predicted molar refractivity (Wildman–Crippen MR) is 80.0 cm³/mol. The van der Waals surface area contributed by atoms with E-state index in [9.17, 15) is 4.79 Å². The fourth-order valence-electron chi connectivity index (χ4n) is 2.50. The Morgan fingerprint density at radius 2 is 2.19 bits per heavy atom. The predicted octanol–water partition coefficient (Wildman–Crippen LogP) is 2.26. The highest BCUT2D eigenvalue weighted by Gasteiger charge is 2.46. The molecule has 1 heterocycles. The van der Waals surface area contributed by atoms with Crippen LogP contribution >= 0.6 is 11.6 Å². The Bertz CT molecular complexity index is 611. The monoisotopic (exact) mass is 304 g/mol. The molecule has 1 aromatic carbocycles. The molecule has 21 heavy (non-hydrogen) atoms. The molecule has 5 nitrogen and oxygen atoms in total. The van der Waals surface area contributed by atoms with Gasteiger partial charge in [0.1, 0.15) is 12.2 Å². The lowest BCUT2D eigenvalue weighted by Crippen LogP contribution is -2.30. The van der Waals surface area contributed by atoms with Gasteiger partial charge in [0.05, 0.1) is 0 Å². The van der Waals surface area contributed by atoms with E-state index in [2.05, 4.69) is 15.2 Å². The summed E-state index contributed by atoms with van der Waals surface area (Å²) in [5, 5.41) is 7.41. The summed E-state index contributed by atoms with van der Waals surface area (Å²) in [5.41, 5.74) is 1.18. The number of nitrogens with one attached hydrogen (secondary N) is 1. The Balaban J connectivity index is 1.50. The molecule has 6 heteroatoms. The number of aromatic nitrogens is 3. The lowest BCUT2D eigenvalue weighted by molar-refractivity contribution is -0.131. The first-order valence-corrected chi connectivity index (χ1v) is 7.37. The normalized spacial score (nSPS) is 20.3. The molecule has 0 aliphatic heterocycles. The van der Waals surface area contributed by atoms with Crippen LogP contribution < -0.4 is 0 Å². The minimum atomic E-state index is 0.0492. The minimum Gasteiger partial charge on any atom is -0.345 e. The topological polar surface area (TPSA) is 61.9 Å². The van der Waals surface area contributed by atoms with Gasteiger partial charge in [0, 0.05) is 30.5 Å². The van der Waals surface area contributed by atoms with Gasteiger partial charge in [0.25, 0.3) is 0 Å². The van der Waals surface area contributed by atoms with Crippen LogP contribution in [0.1, 0.15) is 23.7 Å². The maximum Gasteiger partial charge on any atom is 0.226 e. The smallest absolute Gasteiger partial charge is 0.226 e. The van der Waals surface area contributed by atoms with Gasteiger partial charge in [-0.25, -0.2) is 4.98 Å². The second-order valence-corrected chi connectivity index (χ2v) is 5.89. The molecule has 1 N–H and O–H groups in total. The van der Waals surface area contributed by atoms with Crippen molar-refractivity contribution >= 4 is 17.5 Å². The number of likely N-dealkylation sites (N-methyl/N-ethyl adjacent to an activating group) is 1. The van der Waals surface area contributed by atoms with Crippen molar-refractivity contribution in [2.75, 3.05) is 13.6 Å². The second-order valence-electron chi connectivity index (χ2n) is 5.46. The van der Waals surface area contributed by atoms with Gasteiger partial charge in [-0.1, -0.05) is 23.7 Å². The number of halogens is 1. The molecule has 0 bridgehead atoms. The van der Waals surface area contributed by atoms with Crippen LogP contribution in [0.4, 0.5) is 0 Å². The van der Waals surface area contributed by atoms with E-state index in [4.69, 9.17) is 11.6 Å². The van der Waals surface area contributed by atoms with Crippen LogP contribution in [-0.4, -0.2) is 39.6 Å². The van der Waals surface area contributed by atoms with Crippen molar-refractivity contribution in [2.24, 2.45) is 5.92 Å². The number of carbonyl (C=O) groups is 1. The van der Waals surface area contributed by atoms with Crippen molar-refractivity contribution in [3.8, 4) is 0 Å². The lowest BCUT2D eigenvalue weighted by atomic mass is 10.1. The highest BCUT2D eigenvalue weighted by Crippen LogP contribution is 2.46. The highest BCUT2D eigenvalue weighted by atomic mass is 35.5. The third-order valence-electron chi connectivity index (χ3n) is 3.92. The van der Waals surface area contributed by atoms with E-state index >= 15 is 0 Å². The number of rotatable bonds is 5. The average molecular weight is 305 g/mol. The summed E-state index contributed by atoms with van der Waals surface area (Å²) < 4.78 is 0. The number of hydrogen-bond acceptors (Lipinski definition) is 3. The molecular formula is C15H17ClN4O. The van der Waals surface area contributed by atoms with Gasteiger partial charge in [0.2, 0.25) is 5.91 Å². The Morgan fingerprint density at radius 1 is 1.43 bits per heavy atom. The van der Waals surface area contributed by atoms with Crippen molar-refractivity contribution in [1.82, 2.24) is 20.1 Å². The third-order valence-corrected chi connectivity index (χ3v) is 4.17. The van der Waals surface area contributed by atoms with Gasteiger partial charge in [-0.15, -0.1) is 0 Å². The Labute approximate surface area is 128 Å².